The van der Waals surface area contributed by atoms with E-state index in [1.165, 1.54) is 12.1 Å². The zero-order chi connectivity index (χ0) is 12.4. The summed E-state index contributed by atoms with van der Waals surface area (Å²) < 4.78 is 13.0. The van der Waals surface area contributed by atoms with Crippen LogP contribution in [0.5, 0.6) is 0 Å². The van der Waals surface area contributed by atoms with Gasteiger partial charge in [-0.1, -0.05) is 0 Å². The van der Waals surface area contributed by atoms with Gasteiger partial charge in [0.1, 0.15) is 5.82 Å². The summed E-state index contributed by atoms with van der Waals surface area (Å²) >= 11 is 0. The monoisotopic (exact) mass is 237 g/mol. The number of carbonyl (C=O) groups is 1. The van der Waals surface area contributed by atoms with E-state index in [4.69, 9.17) is 0 Å². The van der Waals surface area contributed by atoms with E-state index in [0.29, 0.717) is 17.8 Å². The lowest BCUT2D eigenvalue weighted by molar-refractivity contribution is 0.0464. The van der Waals surface area contributed by atoms with Crippen molar-refractivity contribution >= 4 is 12.0 Å². The Morgan fingerprint density at radius 2 is 2.24 bits per heavy atom. The second kappa shape index (κ2) is 4.84. The number of nitrogens with zero attached hydrogens (tertiary/aromatic N) is 1. The summed E-state index contributed by atoms with van der Waals surface area (Å²) in [7, 11) is 1.88. The lowest BCUT2D eigenvalue weighted by atomic mass is 9.82. The summed E-state index contributed by atoms with van der Waals surface area (Å²) in [6.45, 7) is 0.781. The number of aliphatic hydroxyl groups is 1. The molecule has 1 aromatic carbocycles. The molecule has 1 aliphatic rings. The first-order chi connectivity index (χ1) is 8.10. The van der Waals surface area contributed by atoms with Gasteiger partial charge in [-0.3, -0.25) is 4.79 Å². The number of halogens is 1. The normalized spacial score (nSPS) is 23.0. The predicted octanol–water partition coefficient (Wildman–Crippen LogP) is 1.85. The summed E-state index contributed by atoms with van der Waals surface area (Å²) in [5, 5.41) is 9.21. The molecule has 4 heteroatoms. The molecule has 0 spiro atoms. The van der Waals surface area contributed by atoms with Crippen LogP contribution >= 0.6 is 0 Å². The van der Waals surface area contributed by atoms with Crippen molar-refractivity contribution in [3.8, 4) is 0 Å². The predicted molar refractivity (Wildman–Crippen MR) is 63.8 cm³/mol. The number of hydrogen-bond acceptors (Lipinski definition) is 3. The van der Waals surface area contributed by atoms with Crippen LogP contribution in [-0.2, 0) is 0 Å². The zero-order valence-corrected chi connectivity index (χ0v) is 9.77. The summed E-state index contributed by atoms with van der Waals surface area (Å²) in [5.41, 5.74) is 1.11. The molecule has 0 atom stereocenters. The molecule has 0 heterocycles. The van der Waals surface area contributed by atoms with E-state index in [9.17, 15) is 14.3 Å². The highest BCUT2D eigenvalue weighted by Crippen LogP contribution is 2.29. The molecule has 1 saturated carbocycles. The minimum Gasteiger partial charge on any atom is -0.393 e. The Balaban J connectivity index is 2.07. The number of carbonyl (C=O) groups excluding carboxylic acids is 1. The van der Waals surface area contributed by atoms with Gasteiger partial charge in [0.15, 0.2) is 6.29 Å². The molecular weight excluding hydrogens is 221 g/mol. The van der Waals surface area contributed by atoms with Crippen LogP contribution in [0.1, 0.15) is 23.2 Å². The lowest BCUT2D eigenvalue weighted by Crippen LogP contribution is -2.37. The maximum Gasteiger partial charge on any atom is 0.152 e. The highest BCUT2D eigenvalue weighted by molar-refractivity contribution is 5.84. The van der Waals surface area contributed by atoms with Crippen molar-refractivity contribution in [3.05, 3.63) is 29.6 Å². The van der Waals surface area contributed by atoms with Crippen LogP contribution in [0.4, 0.5) is 10.1 Å². The van der Waals surface area contributed by atoms with E-state index < -0.39 is 5.82 Å². The molecule has 0 saturated heterocycles. The summed E-state index contributed by atoms with van der Waals surface area (Å²) in [6.07, 6.45) is 2.11. The highest BCUT2D eigenvalue weighted by Gasteiger charge is 2.28. The number of hydrogen-bond donors (Lipinski definition) is 1. The summed E-state index contributed by atoms with van der Waals surface area (Å²) in [5.74, 6) is 0.0582. The van der Waals surface area contributed by atoms with Gasteiger partial charge in [0, 0.05) is 24.8 Å². The first kappa shape index (κ1) is 12.0. The molecule has 0 aliphatic heterocycles. The number of aldehydes is 1. The maximum atomic E-state index is 13.0. The molecule has 17 heavy (non-hydrogen) atoms. The van der Waals surface area contributed by atoms with Gasteiger partial charge in [-0.05, 0) is 37.0 Å². The first-order valence-electron chi connectivity index (χ1n) is 5.74. The molecule has 0 amide bonds. The second-order valence-corrected chi connectivity index (χ2v) is 4.69. The van der Waals surface area contributed by atoms with E-state index in [0.717, 1.165) is 25.1 Å². The fraction of sp³-hybridized carbons (Fsp3) is 0.462. The molecular formula is C13H16FNO2. The Kier molecular flexibility index (Phi) is 3.43. The molecule has 0 radical (unpaired) electrons. The third kappa shape index (κ3) is 2.64. The van der Waals surface area contributed by atoms with Crippen LogP contribution in [0.15, 0.2) is 18.2 Å². The Labute approximate surface area is 99.9 Å². The topological polar surface area (TPSA) is 40.5 Å². The minimum atomic E-state index is -0.400. The molecule has 2 rings (SSSR count). The van der Waals surface area contributed by atoms with Crippen molar-refractivity contribution in [3.63, 3.8) is 0 Å². The Morgan fingerprint density at radius 3 is 2.82 bits per heavy atom. The van der Waals surface area contributed by atoms with Gasteiger partial charge in [0.2, 0.25) is 0 Å². The third-order valence-electron chi connectivity index (χ3n) is 3.27. The number of benzene rings is 1. The van der Waals surface area contributed by atoms with Gasteiger partial charge < -0.3 is 10.0 Å². The Hall–Kier alpha value is -1.42. The van der Waals surface area contributed by atoms with E-state index in [1.807, 2.05) is 11.9 Å². The van der Waals surface area contributed by atoms with E-state index >= 15 is 0 Å². The first-order valence-corrected chi connectivity index (χ1v) is 5.74. The Bertz CT molecular complexity index is 416. The average molecular weight is 237 g/mol. The molecule has 1 aliphatic carbocycles. The smallest absolute Gasteiger partial charge is 0.152 e. The van der Waals surface area contributed by atoms with E-state index in [2.05, 4.69) is 0 Å². The molecule has 1 aromatic rings. The van der Waals surface area contributed by atoms with E-state index in [-0.39, 0.29) is 6.10 Å². The standard InChI is InChI=1S/C13H16FNO2/c1-15(7-9-4-12(17)5-9)13-3-2-11(14)6-10(13)8-16/h2-3,6,8-9,12,17H,4-5,7H2,1H3. The fourth-order valence-corrected chi connectivity index (χ4v) is 2.30. The zero-order valence-electron chi connectivity index (χ0n) is 9.77. The average Bonchev–Trinajstić information content (AvgIpc) is 2.26. The number of aliphatic hydroxyl groups excluding tert-OH is 1. The van der Waals surface area contributed by atoms with Crippen LogP contribution < -0.4 is 4.90 Å². The number of anilines is 1. The van der Waals surface area contributed by atoms with Gasteiger partial charge >= 0.3 is 0 Å². The van der Waals surface area contributed by atoms with E-state index in [1.54, 1.807) is 6.07 Å². The molecule has 3 nitrogen and oxygen atoms in total. The number of rotatable bonds is 4. The summed E-state index contributed by atoms with van der Waals surface area (Å²) in [6, 6.07) is 4.22. The van der Waals surface area contributed by atoms with Crippen molar-refractivity contribution < 1.29 is 14.3 Å². The summed E-state index contributed by atoms with van der Waals surface area (Å²) in [4.78, 5) is 12.8. The van der Waals surface area contributed by atoms with Gasteiger partial charge in [0.25, 0.3) is 0 Å². The Morgan fingerprint density at radius 1 is 1.53 bits per heavy atom. The van der Waals surface area contributed by atoms with Crippen LogP contribution in [0, 0.1) is 11.7 Å². The van der Waals surface area contributed by atoms with Gasteiger partial charge in [-0.2, -0.15) is 0 Å². The van der Waals surface area contributed by atoms with Gasteiger partial charge in [-0.15, -0.1) is 0 Å². The van der Waals surface area contributed by atoms with Crippen molar-refractivity contribution in [2.75, 3.05) is 18.5 Å². The molecule has 0 aromatic heterocycles. The van der Waals surface area contributed by atoms with Gasteiger partial charge in [0.05, 0.1) is 6.10 Å². The maximum absolute atomic E-state index is 13.0. The molecule has 0 bridgehead atoms. The molecule has 92 valence electrons. The second-order valence-electron chi connectivity index (χ2n) is 4.69. The minimum absolute atomic E-state index is 0.174. The van der Waals surface area contributed by atoms with Crippen LogP contribution in [0.3, 0.4) is 0 Å². The molecule has 0 unspecified atom stereocenters. The third-order valence-corrected chi connectivity index (χ3v) is 3.27. The van der Waals surface area contributed by atoms with Crippen molar-refractivity contribution in [1.29, 1.82) is 0 Å². The van der Waals surface area contributed by atoms with Gasteiger partial charge in [-0.25, -0.2) is 4.39 Å². The quantitative estimate of drug-likeness (QED) is 0.812. The fourth-order valence-electron chi connectivity index (χ4n) is 2.30. The van der Waals surface area contributed by atoms with Crippen molar-refractivity contribution in [1.82, 2.24) is 0 Å². The van der Waals surface area contributed by atoms with Crippen LogP contribution in [-0.4, -0.2) is 31.1 Å². The SMILES string of the molecule is CN(CC1CC(O)C1)c1ccc(F)cc1C=O. The van der Waals surface area contributed by atoms with Crippen molar-refractivity contribution in [2.24, 2.45) is 5.92 Å². The lowest BCUT2D eigenvalue weighted by Gasteiger charge is -2.35. The van der Waals surface area contributed by atoms with Crippen molar-refractivity contribution in [2.45, 2.75) is 18.9 Å². The largest absolute Gasteiger partial charge is 0.393 e. The highest BCUT2D eigenvalue weighted by atomic mass is 19.1. The van der Waals surface area contributed by atoms with Crippen LogP contribution in [0.2, 0.25) is 0 Å². The molecule has 1 N–H and O–H groups in total. The molecule has 1 fully saturated rings. The van der Waals surface area contributed by atoms with Crippen LogP contribution in [0.25, 0.3) is 0 Å².